The molecule has 0 N–H and O–H groups in total. The highest BCUT2D eigenvalue weighted by Crippen LogP contribution is 2.04. The second-order valence-electron chi connectivity index (χ2n) is 3.06. The Labute approximate surface area is 95.2 Å². The third kappa shape index (κ3) is 3.16. The molecule has 5 nitrogen and oxygen atoms in total. The van der Waals surface area contributed by atoms with Crippen LogP contribution in [0.15, 0.2) is 17.2 Å². The van der Waals surface area contributed by atoms with E-state index in [1.807, 2.05) is 6.92 Å². The van der Waals surface area contributed by atoms with Gasteiger partial charge in [-0.3, -0.25) is 9.36 Å². The summed E-state index contributed by atoms with van der Waals surface area (Å²) in [5.74, 6) is -0.414. The number of carbonyl (C=O) groups is 1. The number of aromatic nitrogens is 2. The number of hydrogen-bond acceptors (Lipinski definition) is 4. The Bertz CT molecular complexity index is 416. The summed E-state index contributed by atoms with van der Waals surface area (Å²) >= 11 is 3.14. The maximum atomic E-state index is 11.3. The molecule has 0 radical (unpaired) electrons. The number of methoxy groups -OCH3 is 1. The molecule has 0 aromatic carbocycles. The van der Waals surface area contributed by atoms with E-state index in [0.29, 0.717) is 0 Å². The summed E-state index contributed by atoms with van der Waals surface area (Å²) in [5, 5.41) is 0. The van der Waals surface area contributed by atoms with Crippen LogP contribution in [0.3, 0.4) is 0 Å². The van der Waals surface area contributed by atoms with Crippen molar-refractivity contribution in [3.63, 3.8) is 0 Å². The van der Waals surface area contributed by atoms with Crippen LogP contribution >= 0.6 is 15.9 Å². The summed E-state index contributed by atoms with van der Waals surface area (Å²) in [5.41, 5.74) is 0.480. The van der Waals surface area contributed by atoms with Crippen LogP contribution in [0.4, 0.5) is 0 Å². The lowest BCUT2D eigenvalue weighted by molar-refractivity contribution is -0.140. The van der Waals surface area contributed by atoms with Crippen molar-refractivity contribution in [2.24, 2.45) is 0 Å². The van der Waals surface area contributed by atoms with Gasteiger partial charge in [0, 0.05) is 12.4 Å². The Morgan fingerprint density at radius 1 is 1.73 bits per heavy atom. The van der Waals surface area contributed by atoms with Crippen molar-refractivity contribution in [3.8, 4) is 0 Å². The van der Waals surface area contributed by atoms with E-state index in [1.54, 1.807) is 6.20 Å². The van der Waals surface area contributed by atoms with Gasteiger partial charge in [0.15, 0.2) is 0 Å². The van der Waals surface area contributed by atoms with Gasteiger partial charge in [-0.15, -0.1) is 0 Å². The number of rotatable bonds is 3. The maximum Gasteiger partial charge on any atom is 0.347 e. The number of alkyl halides is 1. The van der Waals surface area contributed by atoms with Crippen LogP contribution in [0.5, 0.6) is 0 Å². The zero-order valence-corrected chi connectivity index (χ0v) is 10.0. The molecule has 0 saturated heterocycles. The first kappa shape index (κ1) is 11.9. The molecule has 15 heavy (non-hydrogen) atoms. The van der Waals surface area contributed by atoms with Gasteiger partial charge in [-0.2, -0.15) is 0 Å². The van der Waals surface area contributed by atoms with E-state index in [-0.39, 0.29) is 12.2 Å². The van der Waals surface area contributed by atoms with Gasteiger partial charge in [-0.05, 0) is 12.5 Å². The van der Waals surface area contributed by atoms with E-state index in [4.69, 9.17) is 0 Å². The molecule has 0 aliphatic heterocycles. The van der Waals surface area contributed by atoms with Crippen molar-refractivity contribution in [2.45, 2.75) is 18.3 Å². The van der Waals surface area contributed by atoms with Gasteiger partial charge in [0.2, 0.25) is 0 Å². The number of hydrogen-bond donors (Lipinski definition) is 0. The van der Waals surface area contributed by atoms with Crippen LogP contribution in [0, 0.1) is 6.92 Å². The molecule has 1 atom stereocenters. The summed E-state index contributed by atoms with van der Waals surface area (Å²) < 4.78 is 5.90. The minimum atomic E-state index is -0.538. The van der Waals surface area contributed by atoms with Crippen LogP contribution in [0.25, 0.3) is 0 Å². The molecule has 0 aliphatic rings. The average Bonchev–Trinajstić information content (AvgIpc) is 2.22. The van der Waals surface area contributed by atoms with E-state index in [2.05, 4.69) is 25.7 Å². The molecule has 1 aromatic rings. The van der Waals surface area contributed by atoms with Crippen LogP contribution in [-0.2, 0) is 16.1 Å². The van der Waals surface area contributed by atoms with Gasteiger partial charge >= 0.3 is 11.7 Å². The van der Waals surface area contributed by atoms with Gasteiger partial charge < -0.3 is 4.74 Å². The fraction of sp³-hybridized carbons (Fsp3) is 0.444. The molecule has 0 aliphatic carbocycles. The third-order valence-corrected chi connectivity index (χ3v) is 2.46. The van der Waals surface area contributed by atoms with Gasteiger partial charge in [-0.1, -0.05) is 15.9 Å². The zero-order chi connectivity index (χ0) is 11.4. The largest absolute Gasteiger partial charge is 0.468 e. The van der Waals surface area contributed by atoms with E-state index in [9.17, 15) is 9.59 Å². The lowest BCUT2D eigenvalue weighted by atomic mass is 10.3. The van der Waals surface area contributed by atoms with Crippen LogP contribution in [0.2, 0.25) is 0 Å². The molecule has 0 saturated carbocycles. The van der Waals surface area contributed by atoms with Crippen LogP contribution < -0.4 is 5.69 Å². The molecule has 0 amide bonds. The van der Waals surface area contributed by atoms with Gasteiger partial charge in [0.05, 0.1) is 13.7 Å². The van der Waals surface area contributed by atoms with E-state index >= 15 is 0 Å². The van der Waals surface area contributed by atoms with Crippen molar-refractivity contribution in [3.05, 3.63) is 28.4 Å². The number of halogens is 1. The molecule has 0 bridgehead atoms. The molecule has 1 unspecified atom stereocenters. The number of esters is 1. The Morgan fingerprint density at radius 3 is 3.00 bits per heavy atom. The molecule has 1 aromatic heterocycles. The van der Waals surface area contributed by atoms with E-state index in [1.165, 1.54) is 17.9 Å². The summed E-state index contributed by atoms with van der Waals surface area (Å²) in [7, 11) is 1.30. The van der Waals surface area contributed by atoms with Crippen LogP contribution in [-0.4, -0.2) is 27.5 Å². The monoisotopic (exact) mass is 274 g/mol. The maximum absolute atomic E-state index is 11.3. The first-order valence-corrected chi connectivity index (χ1v) is 5.21. The highest BCUT2D eigenvalue weighted by Gasteiger charge is 2.16. The molecule has 6 heteroatoms. The molecular weight excluding hydrogens is 264 g/mol. The summed E-state index contributed by atoms with van der Waals surface area (Å²) in [6.45, 7) is 2.03. The second-order valence-corrected chi connectivity index (χ2v) is 4.16. The van der Waals surface area contributed by atoms with Gasteiger partial charge in [0.1, 0.15) is 4.83 Å². The van der Waals surface area contributed by atoms with Crippen molar-refractivity contribution >= 4 is 21.9 Å². The first-order chi connectivity index (χ1) is 7.04. The Morgan fingerprint density at radius 2 is 2.40 bits per heavy atom. The quantitative estimate of drug-likeness (QED) is 0.595. The molecule has 0 fully saturated rings. The molecular formula is C9H11BrN2O3. The van der Waals surface area contributed by atoms with Crippen molar-refractivity contribution in [1.82, 2.24) is 9.55 Å². The predicted molar refractivity (Wildman–Crippen MR) is 58.0 cm³/mol. The molecule has 82 valence electrons. The third-order valence-electron chi connectivity index (χ3n) is 1.80. The molecule has 0 spiro atoms. The minimum absolute atomic E-state index is 0.209. The second kappa shape index (κ2) is 5.06. The summed E-state index contributed by atoms with van der Waals surface area (Å²) in [6.07, 6.45) is 3.13. The predicted octanol–water partition coefficient (Wildman–Crippen LogP) is 0.488. The minimum Gasteiger partial charge on any atom is -0.468 e. The highest BCUT2D eigenvalue weighted by molar-refractivity contribution is 9.10. The van der Waals surface area contributed by atoms with Gasteiger partial charge in [0.25, 0.3) is 0 Å². The fourth-order valence-electron chi connectivity index (χ4n) is 1.07. The summed E-state index contributed by atoms with van der Waals surface area (Å²) in [6, 6.07) is 0. The number of nitrogens with zero attached hydrogens (tertiary/aromatic N) is 2. The molecule has 1 rings (SSSR count). The fourth-order valence-corrected chi connectivity index (χ4v) is 1.57. The number of aryl methyl sites for hydroxylation is 1. The van der Waals surface area contributed by atoms with Crippen molar-refractivity contribution < 1.29 is 9.53 Å². The Hall–Kier alpha value is -1.17. The molecule has 1 heterocycles. The van der Waals surface area contributed by atoms with Crippen molar-refractivity contribution in [2.75, 3.05) is 7.11 Å². The lowest BCUT2D eigenvalue weighted by Crippen LogP contribution is -2.30. The van der Waals surface area contributed by atoms with Crippen LogP contribution in [0.1, 0.15) is 5.56 Å². The average molecular weight is 275 g/mol. The van der Waals surface area contributed by atoms with Crippen molar-refractivity contribution in [1.29, 1.82) is 0 Å². The first-order valence-electron chi connectivity index (χ1n) is 4.29. The topological polar surface area (TPSA) is 61.2 Å². The van der Waals surface area contributed by atoms with E-state index < -0.39 is 10.8 Å². The zero-order valence-electron chi connectivity index (χ0n) is 8.44. The Balaban J connectivity index is 2.85. The van der Waals surface area contributed by atoms with Gasteiger partial charge in [-0.25, -0.2) is 9.78 Å². The highest BCUT2D eigenvalue weighted by atomic mass is 79.9. The normalized spacial score (nSPS) is 12.2. The lowest BCUT2D eigenvalue weighted by Gasteiger charge is -2.09. The standard InChI is InChI=1S/C9H11BrN2O3/c1-6-3-11-9(14)12(4-6)5-7(10)8(13)15-2/h3-4,7H,5H2,1-2H3. The summed E-state index contributed by atoms with van der Waals surface area (Å²) in [4.78, 5) is 25.5. The number of ether oxygens (including phenoxy) is 1. The van der Waals surface area contributed by atoms with E-state index in [0.717, 1.165) is 5.56 Å². The SMILES string of the molecule is COC(=O)C(Br)Cn1cc(C)cnc1=O. The smallest absolute Gasteiger partial charge is 0.347 e. The number of carbonyl (C=O) groups excluding carboxylic acids is 1. The Kier molecular flexibility index (Phi) is 4.02.